The van der Waals surface area contributed by atoms with Crippen LogP contribution in [-0.2, 0) is 65.4 Å². The first-order chi connectivity index (χ1) is 35.2. The van der Waals surface area contributed by atoms with Gasteiger partial charge in [-0.1, -0.05) is 214 Å². The van der Waals surface area contributed by atoms with E-state index < -0.39 is 97.5 Å². The Morgan fingerprint density at radius 1 is 0.329 bits per heavy atom. The summed E-state index contributed by atoms with van der Waals surface area (Å²) in [7, 11) is -9.85. The highest BCUT2D eigenvalue weighted by atomic mass is 31.2. The van der Waals surface area contributed by atoms with E-state index in [4.69, 9.17) is 37.0 Å². The maximum atomic E-state index is 12.9. The molecule has 0 fully saturated rings. The molecule has 17 nitrogen and oxygen atoms in total. The van der Waals surface area contributed by atoms with Crippen LogP contribution < -0.4 is 0 Å². The van der Waals surface area contributed by atoms with Crippen LogP contribution in [0.15, 0.2) is 0 Å². The quantitative estimate of drug-likeness (QED) is 0.0222. The Hall–Kier alpha value is -1.94. The SMILES string of the molecule is CCCCCCCCCCCC(=O)OC[C@H](COP(=O)(O)OC[C@@H](O)COP(=O)(O)OC[C@@H](COC(=O)CCCCCCCCC)OC(=O)CCCCCCCCCC)OC(=O)CCCCCCCCCCC. The molecule has 0 aliphatic heterocycles. The lowest BCUT2D eigenvalue weighted by molar-refractivity contribution is -0.161. The smallest absolute Gasteiger partial charge is 0.462 e. The van der Waals surface area contributed by atoms with Gasteiger partial charge in [0.05, 0.1) is 26.4 Å². The number of rotatable bonds is 55. The Kier molecular flexibility index (Phi) is 48.3. The number of aliphatic hydroxyl groups is 1. The molecule has 0 rings (SSSR count). The molecule has 0 radical (unpaired) electrons. The monoisotopic (exact) mass is 1090 g/mol. The summed E-state index contributed by atoms with van der Waals surface area (Å²) < 4.78 is 67.3. The molecule has 0 spiro atoms. The fraction of sp³-hybridized carbons (Fsp3) is 0.926. The molecule has 3 N–H and O–H groups in total. The highest BCUT2D eigenvalue weighted by molar-refractivity contribution is 7.47. The van der Waals surface area contributed by atoms with Gasteiger partial charge in [0.25, 0.3) is 0 Å². The number of aliphatic hydroxyl groups excluding tert-OH is 1. The van der Waals surface area contributed by atoms with E-state index in [-0.39, 0.29) is 25.7 Å². The molecule has 0 saturated carbocycles. The Bertz CT molecular complexity index is 1440. The first-order valence-electron chi connectivity index (χ1n) is 28.8. The van der Waals surface area contributed by atoms with E-state index in [2.05, 4.69) is 27.7 Å². The van der Waals surface area contributed by atoms with Gasteiger partial charge in [-0.25, -0.2) is 9.13 Å². The van der Waals surface area contributed by atoms with Gasteiger partial charge in [0.2, 0.25) is 0 Å². The Balaban J connectivity index is 5.19. The second kappa shape index (κ2) is 49.6. The number of unbranched alkanes of at least 4 members (excludes halogenated alkanes) is 29. The van der Waals surface area contributed by atoms with Gasteiger partial charge in [0.1, 0.15) is 19.3 Å². The fourth-order valence-corrected chi connectivity index (χ4v) is 9.44. The standard InChI is InChI=1S/C54H104O17P2/c1-5-9-13-17-21-24-28-31-35-39-52(57)65-45-50(71-54(59)41-37-33-29-25-22-18-14-10-6-2)47-69-73(62,63)67-43-48(55)42-66-72(60,61)68-46-49(44-64-51(56)38-34-30-26-20-16-12-8-4)70-53(58)40-36-32-27-23-19-15-11-7-3/h48-50,55H,5-47H2,1-4H3,(H,60,61)(H,62,63)/t48-,49+,50+/m0/s1. The number of esters is 4. The summed E-state index contributed by atoms with van der Waals surface area (Å²) in [6.07, 6.45) is 30.9. The van der Waals surface area contributed by atoms with Crippen LogP contribution in [0.5, 0.6) is 0 Å². The predicted molar refractivity (Wildman–Crippen MR) is 285 cm³/mol. The number of hydrogen-bond donors (Lipinski definition) is 3. The molecule has 0 aliphatic rings. The minimum atomic E-state index is -4.93. The van der Waals surface area contributed by atoms with Crippen LogP contribution in [0.4, 0.5) is 0 Å². The molecule has 73 heavy (non-hydrogen) atoms. The Morgan fingerprint density at radius 3 is 0.808 bits per heavy atom. The van der Waals surface area contributed by atoms with Gasteiger partial charge in [-0.2, -0.15) is 0 Å². The summed E-state index contributed by atoms with van der Waals surface area (Å²) in [6, 6.07) is 0. The van der Waals surface area contributed by atoms with Crippen molar-refractivity contribution in [1.29, 1.82) is 0 Å². The molecule has 0 bridgehead atoms. The summed E-state index contributed by atoms with van der Waals surface area (Å²) in [5.41, 5.74) is 0. The normalized spacial score (nSPS) is 14.5. The summed E-state index contributed by atoms with van der Waals surface area (Å²) in [5.74, 6) is -2.16. The summed E-state index contributed by atoms with van der Waals surface area (Å²) in [5, 5.41) is 10.4. The summed E-state index contributed by atoms with van der Waals surface area (Å²) in [6.45, 7) is 4.72. The molecule has 0 aliphatic carbocycles. The van der Waals surface area contributed by atoms with Crippen LogP contribution in [0.2, 0.25) is 0 Å². The minimum absolute atomic E-state index is 0.105. The third-order valence-electron chi connectivity index (χ3n) is 12.4. The van der Waals surface area contributed by atoms with Crippen molar-refractivity contribution in [1.82, 2.24) is 0 Å². The van der Waals surface area contributed by atoms with Gasteiger partial charge in [0, 0.05) is 25.7 Å². The van der Waals surface area contributed by atoms with Gasteiger partial charge in [-0.05, 0) is 25.7 Å². The predicted octanol–water partition coefficient (Wildman–Crippen LogP) is 14.0. The molecule has 0 aromatic carbocycles. The number of carbonyl (C=O) groups excluding carboxylic acids is 4. The molecule has 432 valence electrons. The third kappa shape index (κ3) is 49.4. The van der Waals surface area contributed by atoms with E-state index >= 15 is 0 Å². The summed E-state index contributed by atoms with van der Waals surface area (Å²) >= 11 is 0. The molecule has 0 heterocycles. The van der Waals surface area contributed by atoms with Gasteiger partial charge in [-0.3, -0.25) is 37.3 Å². The lowest BCUT2D eigenvalue weighted by Crippen LogP contribution is -2.30. The molecular weight excluding hydrogens is 983 g/mol. The maximum Gasteiger partial charge on any atom is 0.472 e. The number of hydrogen-bond acceptors (Lipinski definition) is 15. The zero-order valence-electron chi connectivity index (χ0n) is 46.1. The largest absolute Gasteiger partial charge is 0.472 e. The van der Waals surface area contributed by atoms with Gasteiger partial charge >= 0.3 is 39.5 Å². The molecule has 0 saturated heterocycles. The molecular formula is C54H104O17P2. The minimum Gasteiger partial charge on any atom is -0.462 e. The van der Waals surface area contributed by atoms with Crippen LogP contribution in [0.1, 0.15) is 265 Å². The first kappa shape index (κ1) is 71.1. The molecule has 0 aromatic heterocycles. The van der Waals surface area contributed by atoms with E-state index in [9.17, 15) is 43.2 Å². The second-order valence-electron chi connectivity index (χ2n) is 19.6. The van der Waals surface area contributed by atoms with Crippen molar-refractivity contribution in [3.8, 4) is 0 Å². The van der Waals surface area contributed by atoms with Crippen LogP contribution in [0.3, 0.4) is 0 Å². The van der Waals surface area contributed by atoms with Crippen molar-refractivity contribution in [3.05, 3.63) is 0 Å². The fourth-order valence-electron chi connectivity index (χ4n) is 7.87. The van der Waals surface area contributed by atoms with Crippen molar-refractivity contribution in [3.63, 3.8) is 0 Å². The zero-order valence-corrected chi connectivity index (χ0v) is 47.9. The van der Waals surface area contributed by atoms with Crippen molar-refractivity contribution in [2.45, 2.75) is 284 Å². The Morgan fingerprint density at radius 2 is 0.548 bits per heavy atom. The average Bonchev–Trinajstić information content (AvgIpc) is 3.36. The summed E-state index contributed by atoms with van der Waals surface area (Å²) in [4.78, 5) is 71.4. The lowest BCUT2D eigenvalue weighted by atomic mass is 10.1. The van der Waals surface area contributed by atoms with E-state index in [1.54, 1.807) is 0 Å². The zero-order chi connectivity index (χ0) is 54.1. The first-order valence-corrected chi connectivity index (χ1v) is 31.8. The van der Waals surface area contributed by atoms with Gasteiger partial charge in [0.15, 0.2) is 12.2 Å². The molecule has 2 unspecified atom stereocenters. The molecule has 0 aromatic rings. The lowest BCUT2D eigenvalue weighted by Gasteiger charge is -2.21. The molecule has 19 heteroatoms. The number of ether oxygens (including phenoxy) is 4. The van der Waals surface area contributed by atoms with Crippen molar-refractivity contribution in [2.24, 2.45) is 0 Å². The van der Waals surface area contributed by atoms with Gasteiger partial charge in [-0.15, -0.1) is 0 Å². The van der Waals surface area contributed by atoms with E-state index in [0.29, 0.717) is 25.7 Å². The van der Waals surface area contributed by atoms with Crippen molar-refractivity contribution < 1.29 is 80.2 Å². The third-order valence-corrected chi connectivity index (χ3v) is 14.3. The van der Waals surface area contributed by atoms with E-state index in [1.165, 1.54) is 77.0 Å². The topological polar surface area (TPSA) is 237 Å². The molecule has 0 amide bonds. The Labute approximate surface area is 441 Å². The van der Waals surface area contributed by atoms with Crippen LogP contribution in [0, 0.1) is 0 Å². The van der Waals surface area contributed by atoms with Crippen molar-refractivity contribution >= 4 is 39.5 Å². The number of phosphoric acid groups is 2. The van der Waals surface area contributed by atoms with E-state index in [1.807, 2.05) is 0 Å². The highest BCUT2D eigenvalue weighted by Gasteiger charge is 2.30. The van der Waals surface area contributed by atoms with Crippen molar-refractivity contribution in [2.75, 3.05) is 39.6 Å². The number of carbonyl (C=O) groups is 4. The second-order valence-corrected chi connectivity index (χ2v) is 22.5. The van der Waals surface area contributed by atoms with Crippen LogP contribution in [-0.4, -0.2) is 96.7 Å². The van der Waals surface area contributed by atoms with Crippen LogP contribution >= 0.6 is 15.6 Å². The maximum absolute atomic E-state index is 12.9. The average molecular weight is 1090 g/mol. The van der Waals surface area contributed by atoms with E-state index in [0.717, 1.165) is 109 Å². The molecule has 5 atom stereocenters. The van der Waals surface area contributed by atoms with Crippen LogP contribution in [0.25, 0.3) is 0 Å². The highest BCUT2D eigenvalue weighted by Crippen LogP contribution is 2.45. The van der Waals surface area contributed by atoms with Gasteiger partial charge < -0.3 is 33.8 Å². The number of phosphoric ester groups is 2.